The SMILES string of the molecule is CN(C)C1=NC2C(C(=O)NC(=O)N2C)N1CCCc1ccccc1. The summed E-state index contributed by atoms with van der Waals surface area (Å²) >= 11 is 0. The van der Waals surface area contributed by atoms with Crippen LogP contribution in [-0.4, -0.2) is 72.5 Å². The quantitative estimate of drug-likeness (QED) is 0.884. The first kappa shape index (κ1) is 16.3. The van der Waals surface area contributed by atoms with Crippen LogP contribution in [0.5, 0.6) is 0 Å². The average molecular weight is 329 g/mol. The fourth-order valence-corrected chi connectivity index (χ4v) is 3.22. The van der Waals surface area contributed by atoms with E-state index in [1.54, 1.807) is 7.05 Å². The number of guanidine groups is 1. The summed E-state index contributed by atoms with van der Waals surface area (Å²) in [6, 6.07) is 9.42. The number of likely N-dealkylation sites (N-methyl/N-ethyl adjacent to an activating group) is 1. The summed E-state index contributed by atoms with van der Waals surface area (Å²) in [5.41, 5.74) is 1.27. The normalized spacial score (nSPS) is 23.0. The molecule has 0 spiro atoms. The van der Waals surface area contributed by atoms with Gasteiger partial charge < -0.3 is 14.7 Å². The van der Waals surface area contributed by atoms with Gasteiger partial charge >= 0.3 is 6.03 Å². The van der Waals surface area contributed by atoms with Crippen LogP contribution in [0.3, 0.4) is 0 Å². The fourth-order valence-electron chi connectivity index (χ4n) is 3.22. The smallest absolute Gasteiger partial charge is 0.325 e. The molecule has 7 nitrogen and oxygen atoms in total. The molecular weight excluding hydrogens is 306 g/mol. The van der Waals surface area contributed by atoms with Gasteiger partial charge in [0.25, 0.3) is 5.91 Å². The van der Waals surface area contributed by atoms with Gasteiger partial charge in [-0.05, 0) is 18.4 Å². The first-order chi connectivity index (χ1) is 11.5. The van der Waals surface area contributed by atoms with Crippen LogP contribution in [0.1, 0.15) is 12.0 Å². The van der Waals surface area contributed by atoms with Crippen molar-refractivity contribution in [3.05, 3.63) is 35.9 Å². The van der Waals surface area contributed by atoms with E-state index < -0.39 is 18.2 Å². The Kier molecular flexibility index (Phi) is 4.42. The summed E-state index contributed by atoms with van der Waals surface area (Å²) in [6.45, 7) is 0.711. The number of aliphatic imine (C=N–C) groups is 1. The second-order valence-electron chi connectivity index (χ2n) is 6.37. The van der Waals surface area contributed by atoms with Gasteiger partial charge in [0, 0.05) is 27.7 Å². The number of nitrogens with zero attached hydrogens (tertiary/aromatic N) is 4. The van der Waals surface area contributed by atoms with Crippen LogP contribution in [0, 0.1) is 0 Å². The Morgan fingerprint density at radius 3 is 2.58 bits per heavy atom. The van der Waals surface area contributed by atoms with Crippen molar-refractivity contribution in [3.63, 3.8) is 0 Å². The Morgan fingerprint density at radius 1 is 1.21 bits per heavy atom. The van der Waals surface area contributed by atoms with E-state index in [0.717, 1.165) is 18.8 Å². The third-order valence-electron chi connectivity index (χ3n) is 4.45. The third kappa shape index (κ3) is 2.93. The van der Waals surface area contributed by atoms with E-state index in [1.807, 2.05) is 42.1 Å². The molecule has 1 N–H and O–H groups in total. The highest BCUT2D eigenvalue weighted by Crippen LogP contribution is 2.25. The Morgan fingerprint density at radius 2 is 1.92 bits per heavy atom. The second-order valence-corrected chi connectivity index (χ2v) is 6.37. The van der Waals surface area contributed by atoms with Crippen molar-refractivity contribution in [1.29, 1.82) is 0 Å². The van der Waals surface area contributed by atoms with Gasteiger partial charge in [0.15, 0.2) is 18.2 Å². The summed E-state index contributed by atoms with van der Waals surface area (Å²) < 4.78 is 0. The first-order valence-electron chi connectivity index (χ1n) is 8.12. The van der Waals surface area contributed by atoms with E-state index in [0.29, 0.717) is 6.54 Å². The molecule has 0 radical (unpaired) electrons. The predicted octanol–water partition coefficient (Wildman–Crippen LogP) is 0.729. The van der Waals surface area contributed by atoms with Crippen LogP contribution in [-0.2, 0) is 11.2 Å². The standard InChI is InChI=1S/C17H23N5O2/c1-20(2)16-18-14-13(15(23)19-17(24)21(14)3)22(16)11-7-10-12-8-5-4-6-9-12/h4-6,8-9,13-14H,7,10-11H2,1-3H3,(H,19,23,24). The lowest BCUT2D eigenvalue weighted by atomic mass is 10.1. The first-order valence-corrected chi connectivity index (χ1v) is 8.12. The van der Waals surface area contributed by atoms with Crippen molar-refractivity contribution in [2.75, 3.05) is 27.7 Å². The van der Waals surface area contributed by atoms with Crippen molar-refractivity contribution >= 4 is 17.9 Å². The molecule has 2 aliphatic rings. The number of aryl methyl sites for hydroxylation is 1. The Balaban J connectivity index is 1.73. The van der Waals surface area contributed by atoms with Crippen molar-refractivity contribution in [1.82, 2.24) is 20.0 Å². The van der Waals surface area contributed by atoms with Gasteiger partial charge in [0.1, 0.15) is 0 Å². The number of fused-ring (bicyclic) bond motifs is 1. The van der Waals surface area contributed by atoms with Gasteiger partial charge in [0.05, 0.1) is 0 Å². The minimum atomic E-state index is -0.458. The number of nitrogens with one attached hydrogen (secondary N) is 1. The number of urea groups is 1. The third-order valence-corrected chi connectivity index (χ3v) is 4.45. The minimum Gasteiger partial charge on any atom is -0.349 e. The van der Waals surface area contributed by atoms with Crippen molar-refractivity contribution in [3.8, 4) is 0 Å². The van der Waals surface area contributed by atoms with Gasteiger partial charge in [-0.3, -0.25) is 10.1 Å². The predicted molar refractivity (Wildman–Crippen MR) is 91.5 cm³/mol. The number of carbonyl (C=O) groups excluding carboxylic acids is 2. The van der Waals surface area contributed by atoms with E-state index in [4.69, 9.17) is 0 Å². The maximum absolute atomic E-state index is 12.4. The highest BCUT2D eigenvalue weighted by molar-refractivity contribution is 6.03. The van der Waals surface area contributed by atoms with E-state index >= 15 is 0 Å². The van der Waals surface area contributed by atoms with Gasteiger partial charge in [-0.2, -0.15) is 0 Å². The molecule has 0 saturated carbocycles. The molecule has 3 rings (SSSR count). The van der Waals surface area contributed by atoms with Crippen LogP contribution >= 0.6 is 0 Å². The summed E-state index contributed by atoms with van der Waals surface area (Å²) in [6.07, 6.45) is 1.39. The molecule has 2 heterocycles. The average Bonchev–Trinajstić information content (AvgIpc) is 2.94. The molecule has 0 bridgehead atoms. The van der Waals surface area contributed by atoms with E-state index in [-0.39, 0.29) is 5.91 Å². The molecule has 1 aromatic rings. The summed E-state index contributed by atoms with van der Waals surface area (Å²) in [7, 11) is 5.48. The fraction of sp³-hybridized carbons (Fsp3) is 0.471. The zero-order valence-electron chi connectivity index (χ0n) is 14.3. The van der Waals surface area contributed by atoms with Gasteiger partial charge in [-0.1, -0.05) is 30.3 Å². The molecule has 7 heteroatoms. The topological polar surface area (TPSA) is 68.2 Å². The molecule has 128 valence electrons. The van der Waals surface area contributed by atoms with Gasteiger partial charge in [0.2, 0.25) is 0 Å². The maximum Gasteiger partial charge on any atom is 0.325 e. The Hall–Kier alpha value is -2.57. The molecule has 24 heavy (non-hydrogen) atoms. The van der Waals surface area contributed by atoms with Crippen LogP contribution in [0.25, 0.3) is 0 Å². The number of carbonyl (C=O) groups is 2. The summed E-state index contributed by atoms with van der Waals surface area (Å²) in [4.78, 5) is 34.2. The van der Waals surface area contributed by atoms with Crippen LogP contribution in [0.4, 0.5) is 4.79 Å². The number of amides is 3. The summed E-state index contributed by atoms with van der Waals surface area (Å²) in [5.74, 6) is 0.471. The molecule has 1 fully saturated rings. The summed E-state index contributed by atoms with van der Waals surface area (Å²) in [5, 5.41) is 2.41. The highest BCUT2D eigenvalue weighted by atomic mass is 16.2. The monoisotopic (exact) mass is 329 g/mol. The molecule has 3 amide bonds. The second kappa shape index (κ2) is 6.51. The van der Waals surface area contributed by atoms with Gasteiger partial charge in [-0.15, -0.1) is 0 Å². The maximum atomic E-state index is 12.4. The molecule has 2 atom stereocenters. The van der Waals surface area contributed by atoms with E-state index in [9.17, 15) is 9.59 Å². The zero-order valence-corrected chi connectivity index (χ0v) is 14.3. The van der Waals surface area contributed by atoms with Crippen LogP contribution in [0.2, 0.25) is 0 Å². The number of hydrogen-bond donors (Lipinski definition) is 1. The Labute approximate surface area is 141 Å². The number of rotatable bonds is 4. The minimum absolute atomic E-state index is 0.275. The lowest BCUT2D eigenvalue weighted by Crippen LogP contribution is -2.64. The largest absolute Gasteiger partial charge is 0.349 e. The molecular formula is C17H23N5O2. The lowest BCUT2D eigenvalue weighted by Gasteiger charge is -2.36. The molecule has 2 aliphatic heterocycles. The number of hydrogen-bond acceptors (Lipinski definition) is 5. The van der Waals surface area contributed by atoms with Crippen molar-refractivity contribution in [2.24, 2.45) is 4.99 Å². The molecule has 2 unspecified atom stereocenters. The van der Waals surface area contributed by atoms with Crippen LogP contribution in [0.15, 0.2) is 35.3 Å². The van der Waals surface area contributed by atoms with E-state index in [1.165, 1.54) is 10.5 Å². The van der Waals surface area contributed by atoms with Crippen LogP contribution < -0.4 is 5.32 Å². The molecule has 1 saturated heterocycles. The number of imide groups is 1. The molecule has 0 aromatic heterocycles. The Bertz CT molecular complexity index is 658. The van der Waals surface area contributed by atoms with Crippen molar-refractivity contribution in [2.45, 2.75) is 25.0 Å². The van der Waals surface area contributed by atoms with Crippen molar-refractivity contribution < 1.29 is 9.59 Å². The van der Waals surface area contributed by atoms with Gasteiger partial charge in [-0.25, -0.2) is 9.79 Å². The number of benzene rings is 1. The molecule has 0 aliphatic carbocycles. The molecule has 1 aromatic carbocycles. The highest BCUT2D eigenvalue weighted by Gasteiger charge is 2.48. The lowest BCUT2D eigenvalue weighted by molar-refractivity contribution is -0.127. The zero-order chi connectivity index (χ0) is 17.3. The van der Waals surface area contributed by atoms with E-state index in [2.05, 4.69) is 22.4 Å².